The van der Waals surface area contributed by atoms with Gasteiger partial charge in [-0.25, -0.2) is 0 Å². The van der Waals surface area contributed by atoms with Crippen LogP contribution >= 0.6 is 11.6 Å². The fraction of sp³-hybridized carbons (Fsp3) is 1.00. The minimum absolute atomic E-state index is 0.391. The Bertz CT molecular complexity index is 106. The van der Waals surface area contributed by atoms with Crippen molar-refractivity contribution < 1.29 is 9.47 Å². The predicted octanol–water partition coefficient (Wildman–Crippen LogP) is 0.572. The van der Waals surface area contributed by atoms with Crippen LogP contribution in [0.3, 0.4) is 0 Å². The van der Waals surface area contributed by atoms with Gasteiger partial charge in [-0.1, -0.05) is 0 Å². The molecule has 72 valence electrons. The van der Waals surface area contributed by atoms with E-state index in [1.807, 2.05) is 0 Å². The third kappa shape index (κ3) is 2.90. The SMILES string of the molecule is COC[C@@H]1COCCN1CCCl. The molecule has 1 aliphatic rings. The fourth-order valence-electron chi connectivity index (χ4n) is 1.44. The summed E-state index contributed by atoms with van der Waals surface area (Å²) in [4.78, 5) is 2.32. The number of hydrogen-bond acceptors (Lipinski definition) is 3. The van der Waals surface area contributed by atoms with E-state index in [1.165, 1.54) is 0 Å². The lowest BCUT2D eigenvalue weighted by atomic mass is 10.2. The lowest BCUT2D eigenvalue weighted by Gasteiger charge is -2.34. The van der Waals surface area contributed by atoms with Crippen molar-refractivity contribution in [2.45, 2.75) is 6.04 Å². The van der Waals surface area contributed by atoms with E-state index in [-0.39, 0.29) is 0 Å². The molecule has 3 nitrogen and oxygen atoms in total. The number of methoxy groups -OCH3 is 1. The van der Waals surface area contributed by atoms with Gasteiger partial charge in [0, 0.05) is 26.1 Å². The van der Waals surface area contributed by atoms with Crippen LogP contribution in [0.15, 0.2) is 0 Å². The second-order valence-electron chi connectivity index (χ2n) is 2.91. The van der Waals surface area contributed by atoms with Crippen molar-refractivity contribution in [1.82, 2.24) is 4.90 Å². The van der Waals surface area contributed by atoms with Crippen LogP contribution < -0.4 is 0 Å². The Morgan fingerprint density at radius 3 is 3.17 bits per heavy atom. The van der Waals surface area contributed by atoms with Crippen molar-refractivity contribution in [2.24, 2.45) is 0 Å². The molecule has 0 bridgehead atoms. The summed E-state index contributed by atoms with van der Waals surface area (Å²) in [5, 5.41) is 0. The number of morpholine rings is 1. The molecule has 0 unspecified atom stereocenters. The molecule has 0 aromatic rings. The highest BCUT2D eigenvalue weighted by Gasteiger charge is 2.21. The highest BCUT2D eigenvalue weighted by atomic mass is 35.5. The van der Waals surface area contributed by atoms with Crippen molar-refractivity contribution >= 4 is 11.6 Å². The van der Waals surface area contributed by atoms with E-state index in [4.69, 9.17) is 21.1 Å². The van der Waals surface area contributed by atoms with E-state index < -0.39 is 0 Å². The standard InChI is InChI=1S/C8H16ClNO2/c1-11-6-8-7-12-5-4-10(8)3-2-9/h8H,2-7H2,1H3/t8-/m1/s1. The second-order valence-corrected chi connectivity index (χ2v) is 3.29. The normalized spacial score (nSPS) is 26.0. The maximum atomic E-state index is 5.68. The molecular formula is C8H16ClNO2. The summed E-state index contributed by atoms with van der Waals surface area (Å²) in [6, 6.07) is 0.391. The molecule has 0 saturated carbocycles. The van der Waals surface area contributed by atoms with Crippen LogP contribution in [0.5, 0.6) is 0 Å². The van der Waals surface area contributed by atoms with E-state index in [0.29, 0.717) is 11.9 Å². The Labute approximate surface area is 78.6 Å². The maximum Gasteiger partial charge on any atom is 0.0644 e. The van der Waals surface area contributed by atoms with Gasteiger partial charge in [0.15, 0.2) is 0 Å². The van der Waals surface area contributed by atoms with Crippen LogP contribution in [-0.4, -0.2) is 56.8 Å². The summed E-state index contributed by atoms with van der Waals surface area (Å²) in [7, 11) is 1.72. The summed E-state index contributed by atoms with van der Waals surface area (Å²) in [5.41, 5.74) is 0. The Morgan fingerprint density at radius 1 is 1.67 bits per heavy atom. The molecule has 0 aromatic heterocycles. The first-order valence-electron chi connectivity index (χ1n) is 4.25. The molecule has 0 N–H and O–H groups in total. The molecule has 1 fully saturated rings. The number of halogens is 1. The molecule has 1 heterocycles. The average molecular weight is 194 g/mol. The molecule has 1 aliphatic heterocycles. The van der Waals surface area contributed by atoms with E-state index in [9.17, 15) is 0 Å². The Balaban J connectivity index is 2.31. The minimum Gasteiger partial charge on any atom is -0.383 e. The van der Waals surface area contributed by atoms with Crippen LogP contribution in [0.1, 0.15) is 0 Å². The van der Waals surface area contributed by atoms with Crippen LogP contribution in [0.4, 0.5) is 0 Å². The summed E-state index contributed by atoms with van der Waals surface area (Å²) in [5.74, 6) is 0.681. The van der Waals surface area contributed by atoms with E-state index in [1.54, 1.807) is 7.11 Å². The first-order chi connectivity index (χ1) is 5.88. The van der Waals surface area contributed by atoms with Crippen molar-refractivity contribution in [1.29, 1.82) is 0 Å². The zero-order valence-electron chi connectivity index (χ0n) is 7.46. The summed E-state index contributed by atoms with van der Waals surface area (Å²) >= 11 is 5.68. The van der Waals surface area contributed by atoms with Gasteiger partial charge in [-0.3, -0.25) is 4.90 Å². The van der Waals surface area contributed by atoms with Crippen molar-refractivity contribution in [3.8, 4) is 0 Å². The van der Waals surface area contributed by atoms with Crippen LogP contribution in [0.2, 0.25) is 0 Å². The largest absolute Gasteiger partial charge is 0.383 e. The Kier molecular flexibility index (Phi) is 4.92. The molecule has 12 heavy (non-hydrogen) atoms. The molecule has 0 aromatic carbocycles. The predicted molar refractivity (Wildman–Crippen MR) is 48.8 cm³/mol. The van der Waals surface area contributed by atoms with Gasteiger partial charge in [0.2, 0.25) is 0 Å². The lowest BCUT2D eigenvalue weighted by Crippen LogP contribution is -2.48. The van der Waals surface area contributed by atoms with Crippen molar-refractivity contribution in [3.63, 3.8) is 0 Å². The maximum absolute atomic E-state index is 5.68. The van der Waals surface area contributed by atoms with Gasteiger partial charge in [0.25, 0.3) is 0 Å². The smallest absolute Gasteiger partial charge is 0.0644 e. The van der Waals surface area contributed by atoms with Crippen LogP contribution in [0.25, 0.3) is 0 Å². The number of nitrogens with zero attached hydrogens (tertiary/aromatic N) is 1. The number of alkyl halides is 1. The van der Waals surface area contributed by atoms with Crippen molar-refractivity contribution in [3.05, 3.63) is 0 Å². The van der Waals surface area contributed by atoms with Gasteiger partial charge in [-0.15, -0.1) is 11.6 Å². The van der Waals surface area contributed by atoms with E-state index in [2.05, 4.69) is 4.90 Å². The first kappa shape index (κ1) is 10.3. The van der Waals surface area contributed by atoms with E-state index in [0.717, 1.165) is 32.9 Å². The zero-order valence-corrected chi connectivity index (χ0v) is 8.22. The molecule has 1 saturated heterocycles. The molecule has 1 atom stereocenters. The van der Waals surface area contributed by atoms with Crippen LogP contribution in [-0.2, 0) is 9.47 Å². The summed E-state index contributed by atoms with van der Waals surface area (Å²) in [6.45, 7) is 4.22. The molecule has 0 radical (unpaired) electrons. The topological polar surface area (TPSA) is 21.7 Å². The number of ether oxygens (including phenoxy) is 2. The second kappa shape index (κ2) is 5.75. The molecule has 1 rings (SSSR count). The third-order valence-electron chi connectivity index (χ3n) is 2.08. The first-order valence-corrected chi connectivity index (χ1v) is 4.78. The monoisotopic (exact) mass is 193 g/mol. The molecular weight excluding hydrogens is 178 g/mol. The highest BCUT2D eigenvalue weighted by Crippen LogP contribution is 2.06. The van der Waals surface area contributed by atoms with Gasteiger partial charge in [0.05, 0.1) is 25.9 Å². The van der Waals surface area contributed by atoms with Gasteiger partial charge in [-0.2, -0.15) is 0 Å². The summed E-state index contributed by atoms with van der Waals surface area (Å²) in [6.07, 6.45) is 0. The average Bonchev–Trinajstić information content (AvgIpc) is 2.09. The van der Waals surface area contributed by atoms with Gasteiger partial charge in [-0.05, 0) is 0 Å². The fourth-order valence-corrected chi connectivity index (χ4v) is 1.66. The summed E-state index contributed by atoms with van der Waals surface area (Å²) < 4.78 is 10.4. The zero-order chi connectivity index (χ0) is 8.81. The molecule has 0 aliphatic carbocycles. The van der Waals surface area contributed by atoms with Crippen LogP contribution in [0, 0.1) is 0 Å². The Hall–Kier alpha value is 0.170. The quantitative estimate of drug-likeness (QED) is 0.610. The van der Waals surface area contributed by atoms with Crippen molar-refractivity contribution in [2.75, 3.05) is 45.9 Å². The minimum atomic E-state index is 0.391. The number of hydrogen-bond donors (Lipinski definition) is 0. The Morgan fingerprint density at radius 2 is 2.50 bits per heavy atom. The van der Waals surface area contributed by atoms with E-state index >= 15 is 0 Å². The molecule has 0 amide bonds. The molecule has 4 heteroatoms. The lowest BCUT2D eigenvalue weighted by molar-refractivity contribution is -0.0322. The van der Waals surface area contributed by atoms with Gasteiger partial charge < -0.3 is 9.47 Å². The van der Waals surface area contributed by atoms with Gasteiger partial charge in [0.1, 0.15) is 0 Å². The third-order valence-corrected chi connectivity index (χ3v) is 2.25. The van der Waals surface area contributed by atoms with Gasteiger partial charge >= 0.3 is 0 Å². The highest BCUT2D eigenvalue weighted by molar-refractivity contribution is 6.18. The number of rotatable bonds is 4. The molecule has 0 spiro atoms.